The lowest BCUT2D eigenvalue weighted by Gasteiger charge is -2.23. The number of likely N-dealkylation sites (N-methyl/N-ethyl adjacent to an activating group) is 1. The van der Waals surface area contributed by atoms with Crippen LogP contribution < -0.4 is 5.32 Å². The predicted octanol–water partition coefficient (Wildman–Crippen LogP) is 1.66. The number of carbonyl (C=O) groups excluding carboxylic acids is 1. The van der Waals surface area contributed by atoms with Crippen LogP contribution >= 0.6 is 0 Å². The number of benzene rings is 1. The summed E-state index contributed by atoms with van der Waals surface area (Å²) in [6, 6.07) is 7.11. The van der Waals surface area contributed by atoms with Crippen molar-refractivity contribution in [3.63, 3.8) is 0 Å². The van der Waals surface area contributed by atoms with Gasteiger partial charge in [-0.2, -0.15) is 0 Å². The first kappa shape index (κ1) is 17.2. The molecule has 0 radical (unpaired) electrons. The molecule has 0 aliphatic carbocycles. The van der Waals surface area contributed by atoms with E-state index in [2.05, 4.69) is 5.32 Å². The molecule has 1 atom stereocenters. The van der Waals surface area contributed by atoms with E-state index < -0.39 is 5.97 Å². The molecule has 0 spiro atoms. The van der Waals surface area contributed by atoms with Gasteiger partial charge in [-0.05, 0) is 31.9 Å². The number of carboxylic acids is 1. The summed E-state index contributed by atoms with van der Waals surface area (Å²) in [5.41, 5.74) is 1.69. The molecular formula is C16H24N2O3. The highest BCUT2D eigenvalue weighted by atomic mass is 16.4. The van der Waals surface area contributed by atoms with E-state index in [9.17, 15) is 9.59 Å². The van der Waals surface area contributed by atoms with Crippen molar-refractivity contribution in [2.75, 3.05) is 13.1 Å². The molecule has 0 aliphatic rings. The van der Waals surface area contributed by atoms with Crippen LogP contribution in [-0.2, 0) is 22.6 Å². The highest BCUT2D eigenvalue weighted by molar-refractivity contribution is 5.81. The van der Waals surface area contributed by atoms with Gasteiger partial charge in [0.25, 0.3) is 0 Å². The number of hydrogen-bond acceptors (Lipinski definition) is 3. The van der Waals surface area contributed by atoms with Crippen molar-refractivity contribution < 1.29 is 14.7 Å². The van der Waals surface area contributed by atoms with E-state index in [1.165, 1.54) is 0 Å². The molecule has 1 amide bonds. The van der Waals surface area contributed by atoms with Gasteiger partial charge in [0.1, 0.15) is 0 Å². The molecule has 5 heteroatoms. The van der Waals surface area contributed by atoms with Crippen molar-refractivity contribution in [1.29, 1.82) is 0 Å². The van der Waals surface area contributed by atoms with Crippen molar-refractivity contribution in [1.82, 2.24) is 10.2 Å². The van der Waals surface area contributed by atoms with Crippen LogP contribution in [0.15, 0.2) is 24.3 Å². The van der Waals surface area contributed by atoms with Crippen molar-refractivity contribution in [2.24, 2.45) is 0 Å². The first-order valence-corrected chi connectivity index (χ1v) is 7.30. The van der Waals surface area contributed by atoms with Crippen LogP contribution in [0.1, 0.15) is 31.9 Å². The second-order valence-electron chi connectivity index (χ2n) is 4.95. The smallest absolute Gasteiger partial charge is 0.307 e. The Morgan fingerprint density at radius 3 is 2.29 bits per heavy atom. The number of nitrogens with one attached hydrogen (secondary N) is 1. The summed E-state index contributed by atoms with van der Waals surface area (Å²) in [5, 5.41) is 12.1. The zero-order valence-electron chi connectivity index (χ0n) is 12.9. The average Bonchev–Trinajstić information content (AvgIpc) is 2.46. The number of rotatable bonds is 8. The van der Waals surface area contributed by atoms with Crippen molar-refractivity contribution >= 4 is 11.9 Å². The lowest BCUT2D eigenvalue weighted by Crippen LogP contribution is -2.44. The Bertz CT molecular complexity index is 484. The Morgan fingerprint density at radius 2 is 1.76 bits per heavy atom. The fraction of sp³-hybridized carbons (Fsp3) is 0.500. The van der Waals surface area contributed by atoms with Gasteiger partial charge in [0.15, 0.2) is 0 Å². The number of aliphatic carboxylic acids is 1. The molecule has 1 aromatic rings. The van der Waals surface area contributed by atoms with Gasteiger partial charge in [0.05, 0.1) is 12.5 Å². The monoisotopic (exact) mass is 292 g/mol. The van der Waals surface area contributed by atoms with Crippen LogP contribution in [0, 0.1) is 0 Å². The predicted molar refractivity (Wildman–Crippen MR) is 82.0 cm³/mol. The van der Waals surface area contributed by atoms with Crippen LogP contribution in [-0.4, -0.2) is 41.0 Å². The molecule has 0 fully saturated rings. The summed E-state index contributed by atoms with van der Waals surface area (Å²) < 4.78 is 0. The first-order chi connectivity index (χ1) is 9.99. The first-order valence-electron chi connectivity index (χ1n) is 7.30. The topological polar surface area (TPSA) is 69.6 Å². The molecule has 5 nitrogen and oxygen atoms in total. The number of carboxylic acid groups (broad SMARTS) is 1. The molecule has 21 heavy (non-hydrogen) atoms. The average molecular weight is 292 g/mol. The number of hydrogen-bond donors (Lipinski definition) is 2. The van der Waals surface area contributed by atoms with E-state index in [1.54, 1.807) is 4.90 Å². The van der Waals surface area contributed by atoms with Gasteiger partial charge in [-0.15, -0.1) is 0 Å². The van der Waals surface area contributed by atoms with Crippen LogP contribution in [0.2, 0.25) is 0 Å². The molecular weight excluding hydrogens is 268 g/mol. The van der Waals surface area contributed by atoms with Crippen LogP contribution in [0.5, 0.6) is 0 Å². The van der Waals surface area contributed by atoms with Gasteiger partial charge < -0.3 is 15.3 Å². The summed E-state index contributed by atoms with van der Waals surface area (Å²) >= 11 is 0. The summed E-state index contributed by atoms with van der Waals surface area (Å²) in [7, 11) is 0. The molecule has 0 aromatic heterocycles. The van der Waals surface area contributed by atoms with Gasteiger partial charge in [-0.1, -0.05) is 24.3 Å². The van der Waals surface area contributed by atoms with Crippen molar-refractivity contribution in [2.45, 2.75) is 39.8 Å². The zero-order valence-corrected chi connectivity index (χ0v) is 12.9. The van der Waals surface area contributed by atoms with Crippen LogP contribution in [0.25, 0.3) is 0 Å². The quantitative estimate of drug-likeness (QED) is 0.764. The number of amides is 1. The van der Waals surface area contributed by atoms with Crippen LogP contribution in [0.3, 0.4) is 0 Å². The minimum Gasteiger partial charge on any atom is -0.481 e. The van der Waals surface area contributed by atoms with Gasteiger partial charge in [0, 0.05) is 19.6 Å². The van der Waals surface area contributed by atoms with E-state index in [4.69, 9.17) is 5.11 Å². The van der Waals surface area contributed by atoms with Gasteiger partial charge in [-0.25, -0.2) is 0 Å². The Balaban J connectivity index is 2.66. The van der Waals surface area contributed by atoms with Gasteiger partial charge in [-0.3, -0.25) is 9.59 Å². The summed E-state index contributed by atoms with van der Waals surface area (Å²) in [4.78, 5) is 24.8. The molecule has 0 aliphatic heterocycles. The van der Waals surface area contributed by atoms with Gasteiger partial charge in [0.2, 0.25) is 5.91 Å². The van der Waals surface area contributed by atoms with Gasteiger partial charge >= 0.3 is 5.97 Å². The highest BCUT2D eigenvalue weighted by Crippen LogP contribution is 2.10. The summed E-state index contributed by atoms with van der Waals surface area (Å²) in [5.74, 6) is -0.787. The fourth-order valence-electron chi connectivity index (χ4n) is 2.22. The van der Waals surface area contributed by atoms with Crippen LogP contribution in [0.4, 0.5) is 0 Å². The fourth-order valence-corrected chi connectivity index (χ4v) is 2.22. The second-order valence-corrected chi connectivity index (χ2v) is 4.95. The standard InChI is InChI=1S/C16H24N2O3/c1-4-18(5-2)16(21)12(3)17-11-14-9-7-6-8-13(14)10-15(19)20/h6-9,12,17H,4-5,10-11H2,1-3H3,(H,19,20). The molecule has 2 N–H and O–H groups in total. The van der Waals surface area contributed by atoms with E-state index in [0.717, 1.165) is 11.1 Å². The Labute approximate surface area is 126 Å². The minimum atomic E-state index is -0.852. The molecule has 1 rings (SSSR count). The van der Waals surface area contributed by atoms with E-state index in [-0.39, 0.29) is 18.4 Å². The maximum atomic E-state index is 12.2. The Kier molecular flexibility index (Phi) is 6.88. The molecule has 0 heterocycles. The normalized spacial score (nSPS) is 12.0. The third-order valence-corrected chi connectivity index (χ3v) is 3.50. The van der Waals surface area contributed by atoms with Crippen molar-refractivity contribution in [3.8, 4) is 0 Å². The number of nitrogens with zero attached hydrogens (tertiary/aromatic N) is 1. The molecule has 0 saturated carbocycles. The highest BCUT2D eigenvalue weighted by Gasteiger charge is 2.17. The number of carbonyl (C=O) groups is 2. The molecule has 116 valence electrons. The lowest BCUT2D eigenvalue weighted by atomic mass is 10.0. The van der Waals surface area contributed by atoms with E-state index >= 15 is 0 Å². The lowest BCUT2D eigenvalue weighted by molar-refractivity contribution is -0.136. The largest absolute Gasteiger partial charge is 0.481 e. The SMILES string of the molecule is CCN(CC)C(=O)C(C)NCc1ccccc1CC(=O)O. The minimum absolute atomic E-state index is 0.00374. The Hall–Kier alpha value is -1.88. The van der Waals surface area contributed by atoms with E-state index in [0.29, 0.717) is 19.6 Å². The molecule has 1 aromatic carbocycles. The summed E-state index contributed by atoms with van der Waals surface area (Å²) in [6.45, 7) is 7.61. The molecule has 1 unspecified atom stereocenters. The van der Waals surface area contributed by atoms with Crippen molar-refractivity contribution in [3.05, 3.63) is 35.4 Å². The third kappa shape index (κ3) is 5.19. The zero-order chi connectivity index (χ0) is 15.8. The Morgan fingerprint density at radius 1 is 1.19 bits per heavy atom. The second kappa shape index (κ2) is 8.42. The van der Waals surface area contributed by atoms with E-state index in [1.807, 2.05) is 45.0 Å². The maximum Gasteiger partial charge on any atom is 0.307 e. The molecule has 0 saturated heterocycles. The maximum absolute atomic E-state index is 12.2. The summed E-state index contributed by atoms with van der Waals surface area (Å²) in [6.07, 6.45) is -0.00374. The third-order valence-electron chi connectivity index (χ3n) is 3.50. The molecule has 0 bridgehead atoms.